The van der Waals surface area contributed by atoms with Crippen LogP contribution in [0.4, 0.5) is 10.5 Å². The summed E-state index contributed by atoms with van der Waals surface area (Å²) in [7, 11) is 3.57. The lowest BCUT2D eigenvalue weighted by molar-refractivity contribution is 0.248. The van der Waals surface area contributed by atoms with Gasteiger partial charge in [-0.1, -0.05) is 5.16 Å². The number of aryl methyl sites for hydroxylation is 2. The van der Waals surface area contributed by atoms with Crippen LogP contribution in [0.25, 0.3) is 0 Å². The first-order valence-corrected chi connectivity index (χ1v) is 6.28. The van der Waals surface area contributed by atoms with Crippen molar-refractivity contribution in [3.63, 3.8) is 0 Å². The van der Waals surface area contributed by atoms with E-state index in [-0.39, 0.29) is 6.03 Å². The summed E-state index contributed by atoms with van der Waals surface area (Å²) >= 11 is 1.37. The third-order valence-electron chi connectivity index (χ3n) is 2.30. The summed E-state index contributed by atoms with van der Waals surface area (Å²) in [5.74, 6) is 1.60. The van der Waals surface area contributed by atoms with Gasteiger partial charge in [-0.3, -0.25) is 4.72 Å². The van der Waals surface area contributed by atoms with Crippen molar-refractivity contribution < 1.29 is 9.32 Å². The Labute approximate surface area is 105 Å². The highest BCUT2D eigenvalue weighted by Crippen LogP contribution is 2.22. The van der Waals surface area contributed by atoms with Crippen LogP contribution in [0.15, 0.2) is 4.52 Å². The second kappa shape index (κ2) is 6.39. The van der Waals surface area contributed by atoms with Crippen LogP contribution < -0.4 is 14.9 Å². The van der Waals surface area contributed by atoms with Gasteiger partial charge < -0.3 is 14.7 Å². The van der Waals surface area contributed by atoms with Crippen molar-refractivity contribution in [2.45, 2.75) is 13.8 Å². The molecule has 0 bridgehead atoms. The molecule has 1 aromatic heterocycles. The molecule has 2 N–H and O–H groups in total. The molecule has 0 fully saturated rings. The Hall–Kier alpha value is -1.37. The molecule has 0 atom stereocenters. The monoisotopic (exact) mass is 258 g/mol. The van der Waals surface area contributed by atoms with Gasteiger partial charge in [-0.2, -0.15) is 0 Å². The van der Waals surface area contributed by atoms with Crippen LogP contribution in [0.2, 0.25) is 0 Å². The molecule has 0 aliphatic rings. The zero-order chi connectivity index (χ0) is 12.8. The molecule has 96 valence electrons. The molecule has 1 rings (SSSR count). The number of rotatable bonds is 5. The topological polar surface area (TPSA) is 70.4 Å². The molecule has 0 saturated heterocycles. The molecule has 0 radical (unpaired) electrons. The van der Waals surface area contributed by atoms with E-state index in [2.05, 4.69) is 20.1 Å². The Morgan fingerprint density at radius 2 is 2.24 bits per heavy atom. The molecule has 0 aliphatic carbocycles. The maximum absolute atomic E-state index is 10.9. The Morgan fingerprint density at radius 3 is 2.76 bits per heavy atom. The predicted molar refractivity (Wildman–Crippen MR) is 69.3 cm³/mol. The van der Waals surface area contributed by atoms with Gasteiger partial charge in [0.2, 0.25) is 0 Å². The number of amides is 2. The summed E-state index contributed by atoms with van der Waals surface area (Å²) in [6.07, 6.45) is 0. The zero-order valence-electron chi connectivity index (χ0n) is 10.5. The van der Waals surface area contributed by atoms with Gasteiger partial charge >= 0.3 is 6.03 Å². The van der Waals surface area contributed by atoms with Crippen LogP contribution in [-0.2, 0) is 0 Å². The number of urea groups is 1. The maximum atomic E-state index is 10.9. The highest BCUT2D eigenvalue weighted by Gasteiger charge is 2.13. The number of anilines is 1. The second-order valence-electron chi connectivity index (χ2n) is 3.62. The lowest BCUT2D eigenvalue weighted by atomic mass is 10.3. The van der Waals surface area contributed by atoms with Gasteiger partial charge in [-0.15, -0.1) is 0 Å². The first-order valence-electron chi connectivity index (χ1n) is 5.29. The average Bonchev–Trinajstić information content (AvgIpc) is 2.64. The number of carbonyl (C=O) groups is 1. The molecule has 6 nitrogen and oxygen atoms in total. The van der Waals surface area contributed by atoms with Crippen molar-refractivity contribution in [1.29, 1.82) is 0 Å². The minimum atomic E-state index is -0.185. The van der Waals surface area contributed by atoms with Crippen LogP contribution in [0, 0.1) is 13.8 Å². The summed E-state index contributed by atoms with van der Waals surface area (Å²) in [5, 5.41) is 6.39. The van der Waals surface area contributed by atoms with E-state index in [0.29, 0.717) is 0 Å². The third-order valence-corrected chi connectivity index (χ3v) is 3.01. The summed E-state index contributed by atoms with van der Waals surface area (Å²) < 4.78 is 7.76. The summed E-state index contributed by atoms with van der Waals surface area (Å²) in [4.78, 5) is 13.0. The van der Waals surface area contributed by atoms with Crippen LogP contribution >= 0.6 is 11.9 Å². The average molecular weight is 258 g/mol. The van der Waals surface area contributed by atoms with E-state index >= 15 is 0 Å². The van der Waals surface area contributed by atoms with Crippen LogP contribution in [0.3, 0.4) is 0 Å². The SMILES string of the molecule is CNC(=O)NSCCN(C)c1c(C)noc1C. The molecular formula is C10H18N4O2S. The molecule has 2 amide bonds. The van der Waals surface area contributed by atoms with E-state index in [4.69, 9.17) is 4.52 Å². The normalized spacial score (nSPS) is 10.1. The van der Waals surface area contributed by atoms with E-state index < -0.39 is 0 Å². The largest absolute Gasteiger partial charge is 0.369 e. The van der Waals surface area contributed by atoms with E-state index in [1.807, 2.05) is 20.9 Å². The molecule has 1 heterocycles. The Balaban J connectivity index is 2.35. The van der Waals surface area contributed by atoms with Gasteiger partial charge in [0.25, 0.3) is 0 Å². The van der Waals surface area contributed by atoms with Crippen LogP contribution in [0.5, 0.6) is 0 Å². The smallest absolute Gasteiger partial charge is 0.324 e. The lowest BCUT2D eigenvalue weighted by Crippen LogP contribution is -2.29. The highest BCUT2D eigenvalue weighted by atomic mass is 32.2. The number of carbonyl (C=O) groups excluding carboxylic acids is 1. The molecule has 0 saturated carbocycles. The van der Waals surface area contributed by atoms with Gasteiger partial charge in [0.15, 0.2) is 5.76 Å². The van der Waals surface area contributed by atoms with E-state index in [9.17, 15) is 4.79 Å². The van der Waals surface area contributed by atoms with Crippen molar-refractivity contribution in [2.75, 3.05) is 31.3 Å². The first kappa shape index (κ1) is 13.7. The summed E-state index contributed by atoms with van der Waals surface area (Å²) in [6.45, 7) is 4.61. The maximum Gasteiger partial charge on any atom is 0.324 e. The van der Waals surface area contributed by atoms with Gasteiger partial charge in [0.1, 0.15) is 11.4 Å². The van der Waals surface area contributed by atoms with E-state index in [1.54, 1.807) is 7.05 Å². The van der Waals surface area contributed by atoms with Crippen molar-refractivity contribution in [3.05, 3.63) is 11.5 Å². The minimum Gasteiger partial charge on any atom is -0.369 e. The van der Waals surface area contributed by atoms with E-state index in [1.165, 1.54) is 11.9 Å². The molecule has 0 unspecified atom stereocenters. The number of hydrogen-bond acceptors (Lipinski definition) is 5. The molecule has 0 aromatic carbocycles. The van der Waals surface area contributed by atoms with Crippen molar-refractivity contribution in [2.24, 2.45) is 0 Å². The minimum absolute atomic E-state index is 0.185. The van der Waals surface area contributed by atoms with Crippen LogP contribution in [-0.4, -0.2) is 37.6 Å². The van der Waals surface area contributed by atoms with Crippen molar-refractivity contribution in [1.82, 2.24) is 15.2 Å². The zero-order valence-corrected chi connectivity index (χ0v) is 11.3. The Kier molecular flexibility index (Phi) is 5.14. The molecule has 0 spiro atoms. The quantitative estimate of drug-likeness (QED) is 0.615. The van der Waals surface area contributed by atoms with Gasteiger partial charge in [0, 0.05) is 26.4 Å². The fourth-order valence-electron chi connectivity index (χ4n) is 1.49. The van der Waals surface area contributed by atoms with E-state index in [0.717, 1.165) is 29.4 Å². The molecule has 7 heteroatoms. The summed E-state index contributed by atoms with van der Waals surface area (Å²) in [5.41, 5.74) is 1.90. The number of nitrogens with one attached hydrogen (secondary N) is 2. The first-order chi connectivity index (χ1) is 8.06. The second-order valence-corrected chi connectivity index (χ2v) is 4.53. The number of hydrogen-bond donors (Lipinski definition) is 2. The number of aromatic nitrogens is 1. The van der Waals surface area contributed by atoms with Gasteiger partial charge in [-0.05, 0) is 25.8 Å². The fourth-order valence-corrected chi connectivity index (χ4v) is 2.19. The molecular weight excluding hydrogens is 240 g/mol. The van der Waals surface area contributed by atoms with Gasteiger partial charge in [0.05, 0.1) is 0 Å². The molecule has 17 heavy (non-hydrogen) atoms. The van der Waals surface area contributed by atoms with Gasteiger partial charge in [-0.25, -0.2) is 4.79 Å². The van der Waals surface area contributed by atoms with Crippen molar-refractivity contribution >= 4 is 23.7 Å². The third kappa shape index (κ3) is 3.85. The highest BCUT2D eigenvalue weighted by molar-refractivity contribution is 7.97. The summed E-state index contributed by atoms with van der Waals surface area (Å²) in [6, 6.07) is -0.185. The molecule has 1 aromatic rings. The number of nitrogens with zero attached hydrogens (tertiary/aromatic N) is 2. The van der Waals surface area contributed by atoms with Crippen molar-refractivity contribution in [3.8, 4) is 0 Å². The predicted octanol–water partition coefficient (Wildman–Crippen LogP) is 1.30. The molecule has 0 aliphatic heterocycles. The Morgan fingerprint density at radius 1 is 1.53 bits per heavy atom. The lowest BCUT2D eigenvalue weighted by Gasteiger charge is -2.18. The fraction of sp³-hybridized carbons (Fsp3) is 0.600. The Bertz CT molecular complexity index is 361. The standard InChI is InChI=1S/C10H18N4O2S/c1-7-9(8(2)16-12-7)14(4)5-6-17-13-10(15)11-3/h5-6H2,1-4H3,(H2,11,13,15). The van der Waals surface area contributed by atoms with Crippen LogP contribution in [0.1, 0.15) is 11.5 Å².